The lowest BCUT2D eigenvalue weighted by Gasteiger charge is -2.12. The van der Waals surface area contributed by atoms with Crippen molar-refractivity contribution in [2.75, 3.05) is 19.5 Å². The van der Waals surface area contributed by atoms with Gasteiger partial charge in [0.2, 0.25) is 5.91 Å². The Hall–Kier alpha value is -2.50. The molecule has 0 aliphatic carbocycles. The summed E-state index contributed by atoms with van der Waals surface area (Å²) in [5, 5.41) is 6.42. The summed E-state index contributed by atoms with van der Waals surface area (Å²) in [5.41, 5.74) is 1.82. The molecule has 0 aliphatic rings. The van der Waals surface area contributed by atoms with Crippen molar-refractivity contribution in [1.82, 2.24) is 5.16 Å². The van der Waals surface area contributed by atoms with E-state index in [-0.39, 0.29) is 12.3 Å². The highest BCUT2D eigenvalue weighted by atomic mass is 16.5. The third-order valence-corrected chi connectivity index (χ3v) is 3.09. The average molecular weight is 290 g/mol. The summed E-state index contributed by atoms with van der Waals surface area (Å²) in [5.74, 6) is 2.14. The van der Waals surface area contributed by atoms with Gasteiger partial charge in [0.15, 0.2) is 17.3 Å². The number of amides is 1. The van der Waals surface area contributed by atoms with Gasteiger partial charge in [-0.2, -0.15) is 0 Å². The molecule has 0 saturated heterocycles. The van der Waals surface area contributed by atoms with Gasteiger partial charge in [-0.3, -0.25) is 4.79 Å². The summed E-state index contributed by atoms with van der Waals surface area (Å²) in [6, 6.07) is 5.32. The van der Waals surface area contributed by atoms with Crippen molar-refractivity contribution in [3.05, 3.63) is 35.1 Å². The SMILES string of the molecule is COc1cc(C)c(CC(=O)Nc2cc(C)on2)cc1OC. The Bertz CT molecular complexity index is 649. The summed E-state index contributed by atoms with van der Waals surface area (Å²) in [4.78, 5) is 12.0. The molecule has 2 aromatic rings. The van der Waals surface area contributed by atoms with E-state index in [4.69, 9.17) is 14.0 Å². The van der Waals surface area contributed by atoms with Gasteiger partial charge >= 0.3 is 0 Å². The molecule has 0 saturated carbocycles. The van der Waals surface area contributed by atoms with Crippen LogP contribution in [-0.2, 0) is 11.2 Å². The second-order valence-corrected chi connectivity index (χ2v) is 4.68. The number of carbonyl (C=O) groups is 1. The van der Waals surface area contributed by atoms with Gasteiger partial charge in [0.25, 0.3) is 0 Å². The molecule has 6 heteroatoms. The Balaban J connectivity index is 2.13. The number of nitrogens with zero attached hydrogens (tertiary/aromatic N) is 1. The lowest BCUT2D eigenvalue weighted by molar-refractivity contribution is -0.115. The van der Waals surface area contributed by atoms with Gasteiger partial charge in [-0.1, -0.05) is 5.16 Å². The van der Waals surface area contributed by atoms with Crippen LogP contribution in [0.2, 0.25) is 0 Å². The van der Waals surface area contributed by atoms with Crippen molar-refractivity contribution < 1.29 is 18.8 Å². The van der Waals surface area contributed by atoms with E-state index in [9.17, 15) is 4.79 Å². The highest BCUT2D eigenvalue weighted by Gasteiger charge is 2.13. The number of nitrogens with one attached hydrogen (secondary N) is 1. The molecule has 1 amide bonds. The Labute approximate surface area is 123 Å². The Morgan fingerprint density at radius 3 is 2.43 bits per heavy atom. The van der Waals surface area contributed by atoms with Gasteiger partial charge in [0.1, 0.15) is 5.76 Å². The van der Waals surface area contributed by atoms with Gasteiger partial charge in [-0.05, 0) is 37.1 Å². The van der Waals surface area contributed by atoms with Crippen LogP contribution >= 0.6 is 0 Å². The number of carbonyl (C=O) groups excluding carboxylic acids is 1. The maximum absolute atomic E-state index is 12.0. The van der Waals surface area contributed by atoms with E-state index in [1.165, 1.54) is 0 Å². The van der Waals surface area contributed by atoms with Crippen molar-refractivity contribution >= 4 is 11.7 Å². The average Bonchev–Trinajstić information content (AvgIpc) is 2.85. The molecule has 1 aromatic heterocycles. The van der Waals surface area contributed by atoms with E-state index in [1.807, 2.05) is 19.1 Å². The molecule has 1 N–H and O–H groups in total. The lowest BCUT2D eigenvalue weighted by atomic mass is 10.0. The number of anilines is 1. The predicted molar refractivity (Wildman–Crippen MR) is 77.9 cm³/mol. The van der Waals surface area contributed by atoms with Gasteiger partial charge in [-0.15, -0.1) is 0 Å². The first kappa shape index (κ1) is 14.9. The topological polar surface area (TPSA) is 73.6 Å². The minimum Gasteiger partial charge on any atom is -0.493 e. The monoisotopic (exact) mass is 290 g/mol. The van der Waals surface area contributed by atoms with Crippen LogP contribution in [0.4, 0.5) is 5.82 Å². The highest BCUT2D eigenvalue weighted by Crippen LogP contribution is 2.30. The van der Waals surface area contributed by atoms with Crippen molar-refractivity contribution in [2.45, 2.75) is 20.3 Å². The van der Waals surface area contributed by atoms with Crippen molar-refractivity contribution in [3.8, 4) is 11.5 Å². The zero-order chi connectivity index (χ0) is 15.4. The number of ether oxygens (including phenoxy) is 2. The quantitative estimate of drug-likeness (QED) is 0.915. The number of rotatable bonds is 5. The summed E-state index contributed by atoms with van der Waals surface area (Å²) >= 11 is 0. The van der Waals surface area contributed by atoms with Crippen LogP contribution in [0.5, 0.6) is 11.5 Å². The van der Waals surface area contributed by atoms with E-state index in [1.54, 1.807) is 27.2 Å². The number of aromatic nitrogens is 1. The van der Waals surface area contributed by atoms with Crippen molar-refractivity contribution in [3.63, 3.8) is 0 Å². The predicted octanol–water partition coefficient (Wildman–Crippen LogP) is 2.49. The standard InChI is InChI=1S/C15H18N2O4/c1-9-5-12(19-3)13(20-4)7-11(9)8-15(18)16-14-6-10(2)21-17-14/h5-7H,8H2,1-4H3,(H,16,17,18). The minimum atomic E-state index is -0.168. The van der Waals surface area contributed by atoms with Crippen LogP contribution in [0, 0.1) is 13.8 Å². The summed E-state index contributed by atoms with van der Waals surface area (Å²) in [6.45, 7) is 3.69. The van der Waals surface area contributed by atoms with Crippen LogP contribution < -0.4 is 14.8 Å². The molecule has 0 atom stereocenters. The largest absolute Gasteiger partial charge is 0.493 e. The molecular formula is C15H18N2O4. The number of hydrogen-bond donors (Lipinski definition) is 1. The van der Waals surface area contributed by atoms with Crippen molar-refractivity contribution in [2.24, 2.45) is 0 Å². The lowest BCUT2D eigenvalue weighted by Crippen LogP contribution is -2.15. The smallest absolute Gasteiger partial charge is 0.230 e. The Kier molecular flexibility index (Phi) is 4.47. The van der Waals surface area contributed by atoms with E-state index < -0.39 is 0 Å². The summed E-state index contributed by atoms with van der Waals surface area (Å²) < 4.78 is 15.4. The van der Waals surface area contributed by atoms with E-state index in [0.29, 0.717) is 23.1 Å². The van der Waals surface area contributed by atoms with Gasteiger partial charge < -0.3 is 19.3 Å². The molecule has 6 nitrogen and oxygen atoms in total. The molecule has 0 fully saturated rings. The summed E-state index contributed by atoms with van der Waals surface area (Å²) in [7, 11) is 3.14. The van der Waals surface area contributed by atoms with E-state index in [0.717, 1.165) is 11.1 Å². The fraction of sp³-hybridized carbons (Fsp3) is 0.333. The fourth-order valence-electron chi connectivity index (χ4n) is 2.00. The molecule has 0 spiro atoms. The van der Waals surface area contributed by atoms with Crippen molar-refractivity contribution in [1.29, 1.82) is 0 Å². The number of hydrogen-bond acceptors (Lipinski definition) is 5. The van der Waals surface area contributed by atoms with E-state index in [2.05, 4.69) is 10.5 Å². The molecule has 1 heterocycles. The molecule has 0 bridgehead atoms. The molecule has 2 rings (SSSR count). The zero-order valence-electron chi connectivity index (χ0n) is 12.5. The number of benzene rings is 1. The maximum atomic E-state index is 12.0. The van der Waals surface area contributed by atoms with E-state index >= 15 is 0 Å². The van der Waals surface area contributed by atoms with Crippen LogP contribution in [0.15, 0.2) is 22.7 Å². The first-order valence-electron chi connectivity index (χ1n) is 6.48. The number of aryl methyl sites for hydroxylation is 2. The molecule has 1 aromatic carbocycles. The van der Waals surface area contributed by atoms with Gasteiger partial charge in [-0.25, -0.2) is 0 Å². The third kappa shape index (κ3) is 3.53. The molecule has 0 unspecified atom stereocenters. The maximum Gasteiger partial charge on any atom is 0.230 e. The van der Waals surface area contributed by atoms with Crippen LogP contribution in [0.25, 0.3) is 0 Å². The minimum absolute atomic E-state index is 0.168. The van der Waals surface area contributed by atoms with Crippen LogP contribution in [0.1, 0.15) is 16.9 Å². The van der Waals surface area contributed by atoms with Crippen LogP contribution in [-0.4, -0.2) is 25.3 Å². The van der Waals surface area contributed by atoms with Gasteiger partial charge in [0, 0.05) is 6.07 Å². The molecular weight excluding hydrogens is 272 g/mol. The normalized spacial score (nSPS) is 10.3. The van der Waals surface area contributed by atoms with Crippen LogP contribution in [0.3, 0.4) is 0 Å². The Morgan fingerprint density at radius 1 is 1.19 bits per heavy atom. The zero-order valence-corrected chi connectivity index (χ0v) is 12.5. The fourth-order valence-corrected chi connectivity index (χ4v) is 2.00. The second-order valence-electron chi connectivity index (χ2n) is 4.68. The molecule has 0 radical (unpaired) electrons. The summed E-state index contributed by atoms with van der Waals surface area (Å²) in [6.07, 6.45) is 0.220. The third-order valence-electron chi connectivity index (χ3n) is 3.09. The number of methoxy groups -OCH3 is 2. The first-order chi connectivity index (χ1) is 10.0. The Morgan fingerprint density at radius 2 is 1.86 bits per heavy atom. The second kappa shape index (κ2) is 6.30. The van der Waals surface area contributed by atoms with Gasteiger partial charge in [0.05, 0.1) is 20.6 Å². The molecule has 0 aliphatic heterocycles. The molecule has 112 valence electrons. The highest BCUT2D eigenvalue weighted by molar-refractivity contribution is 5.91. The first-order valence-corrected chi connectivity index (χ1v) is 6.48. The molecule has 21 heavy (non-hydrogen) atoms.